The van der Waals surface area contributed by atoms with E-state index in [9.17, 15) is 4.39 Å². The molecule has 2 heteroatoms. The van der Waals surface area contributed by atoms with Crippen molar-refractivity contribution in [1.82, 2.24) is 4.98 Å². The lowest BCUT2D eigenvalue weighted by Crippen LogP contribution is -1.99. The second-order valence-electron chi connectivity index (χ2n) is 3.94. The number of hydrogen-bond acceptors (Lipinski definition) is 1. The fourth-order valence-electron chi connectivity index (χ4n) is 1.23. The topological polar surface area (TPSA) is 12.9 Å². The van der Waals surface area contributed by atoms with Gasteiger partial charge in [0.05, 0.1) is 6.20 Å². The third-order valence-electron chi connectivity index (χ3n) is 2.12. The zero-order chi connectivity index (χ0) is 10.0. The van der Waals surface area contributed by atoms with E-state index in [2.05, 4.69) is 18.8 Å². The fourth-order valence-corrected chi connectivity index (χ4v) is 1.23. The van der Waals surface area contributed by atoms with Crippen LogP contribution in [-0.4, -0.2) is 4.98 Å². The minimum atomic E-state index is -0.195. The molecule has 0 saturated heterocycles. The molecule has 0 aliphatic rings. The Morgan fingerprint density at radius 1 is 1.14 bits per heavy atom. The highest BCUT2D eigenvalue weighted by atomic mass is 19.1. The molecule has 0 bridgehead atoms. The first-order valence-electron chi connectivity index (χ1n) is 4.67. The van der Waals surface area contributed by atoms with Crippen LogP contribution in [0.15, 0.2) is 12.3 Å². The van der Waals surface area contributed by atoms with Crippen molar-refractivity contribution in [3.8, 4) is 0 Å². The Kier molecular flexibility index (Phi) is 4.75. The highest BCUT2D eigenvalue weighted by molar-refractivity contribution is 5.22. The summed E-state index contributed by atoms with van der Waals surface area (Å²) >= 11 is 0. The van der Waals surface area contributed by atoms with Crippen molar-refractivity contribution in [2.45, 2.75) is 47.0 Å². The maximum Gasteiger partial charge on any atom is 0.144 e. The van der Waals surface area contributed by atoms with Gasteiger partial charge in [0, 0.05) is 5.69 Å². The van der Waals surface area contributed by atoms with Gasteiger partial charge in [-0.05, 0) is 23.5 Å². The van der Waals surface area contributed by atoms with Crippen molar-refractivity contribution in [3.63, 3.8) is 0 Å². The number of hydrogen-bond donors (Lipinski definition) is 0. The molecule has 0 aromatic carbocycles. The van der Waals surface area contributed by atoms with Gasteiger partial charge in [0.1, 0.15) is 5.82 Å². The third-order valence-corrected chi connectivity index (χ3v) is 2.12. The van der Waals surface area contributed by atoms with Gasteiger partial charge < -0.3 is 0 Å². The van der Waals surface area contributed by atoms with E-state index in [0.29, 0.717) is 5.92 Å². The predicted octanol–water partition coefficient (Wildman–Crippen LogP) is 4.10. The average molecular weight is 197 g/mol. The minimum absolute atomic E-state index is 0. The minimum Gasteiger partial charge on any atom is -0.258 e. The highest BCUT2D eigenvalue weighted by Crippen LogP contribution is 2.21. The van der Waals surface area contributed by atoms with Crippen LogP contribution in [0.25, 0.3) is 0 Å². The van der Waals surface area contributed by atoms with Crippen LogP contribution in [-0.2, 0) is 0 Å². The maximum atomic E-state index is 13.2. The van der Waals surface area contributed by atoms with E-state index in [4.69, 9.17) is 0 Å². The first-order valence-corrected chi connectivity index (χ1v) is 4.67. The summed E-state index contributed by atoms with van der Waals surface area (Å²) in [6, 6.07) is 1.87. The van der Waals surface area contributed by atoms with E-state index in [-0.39, 0.29) is 19.2 Å². The quantitative estimate of drug-likeness (QED) is 0.695. The molecule has 0 atom stereocenters. The summed E-state index contributed by atoms with van der Waals surface area (Å²) in [4.78, 5) is 4.05. The average Bonchev–Trinajstić information content (AvgIpc) is 2.04. The smallest absolute Gasteiger partial charge is 0.144 e. The standard InChI is InChI=1S/C11H16FN.CH4/c1-7(2)9-5-11(8(3)4)13-6-10(9)12;/h5-8H,1-4H3;1H4. The van der Waals surface area contributed by atoms with Crippen LogP contribution in [0.4, 0.5) is 4.39 Å². The van der Waals surface area contributed by atoms with Crippen LogP contribution in [0.3, 0.4) is 0 Å². The molecule has 1 rings (SSSR count). The molecule has 80 valence electrons. The van der Waals surface area contributed by atoms with Crippen molar-refractivity contribution in [2.75, 3.05) is 0 Å². The van der Waals surface area contributed by atoms with E-state index in [1.54, 1.807) is 0 Å². The second kappa shape index (κ2) is 5.08. The molecular weight excluding hydrogens is 177 g/mol. The molecule has 0 spiro atoms. The van der Waals surface area contributed by atoms with E-state index in [0.717, 1.165) is 11.3 Å². The molecule has 0 unspecified atom stereocenters. The molecule has 0 radical (unpaired) electrons. The van der Waals surface area contributed by atoms with Crippen LogP contribution in [0.1, 0.15) is 58.2 Å². The molecule has 1 heterocycles. The molecule has 0 saturated carbocycles. The molecule has 1 nitrogen and oxygen atoms in total. The molecule has 0 fully saturated rings. The number of halogens is 1. The van der Waals surface area contributed by atoms with Crippen LogP contribution >= 0.6 is 0 Å². The van der Waals surface area contributed by atoms with Gasteiger partial charge in [-0.3, -0.25) is 4.98 Å². The maximum absolute atomic E-state index is 13.2. The summed E-state index contributed by atoms with van der Waals surface area (Å²) in [6.45, 7) is 8.10. The summed E-state index contributed by atoms with van der Waals surface area (Å²) < 4.78 is 13.2. The van der Waals surface area contributed by atoms with Gasteiger partial charge in [0.25, 0.3) is 0 Å². The van der Waals surface area contributed by atoms with Gasteiger partial charge in [-0.15, -0.1) is 0 Å². The van der Waals surface area contributed by atoms with E-state index in [1.165, 1.54) is 6.20 Å². The molecule has 1 aromatic heterocycles. The molecule has 1 aromatic rings. The number of pyridine rings is 1. The van der Waals surface area contributed by atoms with Crippen LogP contribution < -0.4 is 0 Å². The molecule has 0 aliphatic carbocycles. The van der Waals surface area contributed by atoms with Crippen molar-refractivity contribution in [1.29, 1.82) is 0 Å². The Morgan fingerprint density at radius 2 is 1.71 bits per heavy atom. The Balaban J connectivity index is 0.00000169. The van der Waals surface area contributed by atoms with Crippen LogP contribution in [0, 0.1) is 5.82 Å². The third kappa shape index (κ3) is 2.79. The fraction of sp³-hybridized carbons (Fsp3) is 0.583. The first-order chi connectivity index (χ1) is 6.02. The monoisotopic (exact) mass is 197 g/mol. The molecule has 0 amide bonds. The van der Waals surface area contributed by atoms with Gasteiger partial charge in [-0.2, -0.15) is 0 Å². The summed E-state index contributed by atoms with van der Waals surface area (Å²) in [6.07, 6.45) is 1.32. The van der Waals surface area contributed by atoms with Crippen molar-refractivity contribution in [3.05, 3.63) is 29.3 Å². The van der Waals surface area contributed by atoms with Crippen LogP contribution in [0.5, 0.6) is 0 Å². The van der Waals surface area contributed by atoms with E-state index >= 15 is 0 Å². The van der Waals surface area contributed by atoms with Crippen molar-refractivity contribution >= 4 is 0 Å². The van der Waals surface area contributed by atoms with E-state index < -0.39 is 0 Å². The van der Waals surface area contributed by atoms with Gasteiger partial charge in [0.15, 0.2) is 0 Å². The summed E-state index contributed by atoms with van der Waals surface area (Å²) in [5.74, 6) is 0.387. The SMILES string of the molecule is C.CC(C)c1cc(C(C)C)c(F)cn1. The highest BCUT2D eigenvalue weighted by Gasteiger charge is 2.09. The largest absolute Gasteiger partial charge is 0.258 e. The zero-order valence-corrected chi connectivity index (χ0v) is 8.63. The molecular formula is C12H20FN. The number of nitrogens with zero attached hydrogens (tertiary/aromatic N) is 1. The van der Waals surface area contributed by atoms with Gasteiger partial charge in [0.2, 0.25) is 0 Å². The Morgan fingerprint density at radius 3 is 2.14 bits per heavy atom. The van der Waals surface area contributed by atoms with Crippen molar-refractivity contribution < 1.29 is 4.39 Å². The normalized spacial score (nSPS) is 10.5. The Labute approximate surface area is 86.4 Å². The zero-order valence-electron chi connectivity index (χ0n) is 8.63. The van der Waals surface area contributed by atoms with E-state index in [1.807, 2.05) is 19.9 Å². The van der Waals surface area contributed by atoms with Gasteiger partial charge in [-0.1, -0.05) is 35.1 Å². The first kappa shape index (κ1) is 13.1. The lowest BCUT2D eigenvalue weighted by molar-refractivity contribution is 0.587. The van der Waals surface area contributed by atoms with Gasteiger partial charge in [-0.25, -0.2) is 4.39 Å². The lowest BCUT2D eigenvalue weighted by Gasteiger charge is -2.10. The molecule has 14 heavy (non-hydrogen) atoms. The lowest BCUT2D eigenvalue weighted by atomic mass is 10.00. The van der Waals surface area contributed by atoms with Gasteiger partial charge >= 0.3 is 0 Å². The van der Waals surface area contributed by atoms with Crippen molar-refractivity contribution in [2.24, 2.45) is 0 Å². The summed E-state index contributed by atoms with van der Waals surface area (Å²) in [5, 5.41) is 0. The molecule has 0 aliphatic heterocycles. The number of aromatic nitrogens is 1. The summed E-state index contributed by atoms with van der Waals surface area (Å²) in [7, 11) is 0. The molecule has 0 N–H and O–H groups in total. The summed E-state index contributed by atoms with van der Waals surface area (Å²) in [5.41, 5.74) is 1.73. The Hall–Kier alpha value is -0.920. The number of rotatable bonds is 2. The second-order valence-corrected chi connectivity index (χ2v) is 3.94. The predicted molar refractivity (Wildman–Crippen MR) is 59.1 cm³/mol. The van der Waals surface area contributed by atoms with Crippen LogP contribution in [0.2, 0.25) is 0 Å². The Bertz CT molecular complexity index is 292.